The molecule has 0 saturated heterocycles. The second-order valence-corrected chi connectivity index (χ2v) is 32.9. The summed E-state index contributed by atoms with van der Waals surface area (Å²) in [7, 11) is 0. The first-order valence-corrected chi connectivity index (χ1v) is 34.8. The molecular weight excluding hydrogens is 1240 g/mol. The van der Waals surface area contributed by atoms with Crippen LogP contribution in [-0.2, 0) is 32.5 Å². The summed E-state index contributed by atoms with van der Waals surface area (Å²) >= 11 is 15.8. The molecule has 476 valence electrons. The zero-order valence-corrected chi connectivity index (χ0v) is 60.5. The van der Waals surface area contributed by atoms with Gasteiger partial charge in [0.1, 0.15) is 0 Å². The van der Waals surface area contributed by atoms with Crippen LogP contribution in [0.3, 0.4) is 0 Å². The van der Waals surface area contributed by atoms with Crippen LogP contribution in [0.4, 0.5) is 28.4 Å². The van der Waals surface area contributed by atoms with Crippen molar-refractivity contribution in [1.82, 2.24) is 9.13 Å². The second kappa shape index (κ2) is 24.7. The van der Waals surface area contributed by atoms with E-state index in [0.717, 1.165) is 48.5 Å². The van der Waals surface area contributed by atoms with E-state index in [1.165, 1.54) is 120 Å². The highest BCUT2D eigenvalue weighted by Gasteiger charge is 2.39. The molecule has 1 N–H and O–H groups in total. The molecule has 0 saturated carbocycles. The zero-order chi connectivity index (χ0) is 66.3. The molecule has 0 radical (unpaired) electrons. The van der Waals surface area contributed by atoms with Gasteiger partial charge in [0.25, 0.3) is 0 Å². The molecule has 7 heteroatoms. The summed E-state index contributed by atoms with van der Waals surface area (Å²) in [5, 5.41) is 10.4. The number of hydrogen-bond acceptors (Lipinski definition) is 2. The number of benzene rings is 10. The van der Waals surface area contributed by atoms with Gasteiger partial charge in [-0.2, -0.15) is 0 Å². The lowest BCUT2D eigenvalue weighted by Crippen LogP contribution is -2.34. The van der Waals surface area contributed by atoms with Gasteiger partial charge < -0.3 is 19.4 Å². The third-order valence-corrected chi connectivity index (χ3v) is 21.0. The van der Waals surface area contributed by atoms with Crippen molar-refractivity contribution < 1.29 is 0 Å². The average Bonchev–Trinajstić information content (AvgIpc) is 1.74. The molecule has 0 spiro atoms. The number of nitrogens with zero attached hydrogens (tertiary/aromatic N) is 3. The quantitative estimate of drug-likeness (QED) is 0.172. The molecule has 93 heavy (non-hydrogen) atoms. The Morgan fingerprint density at radius 3 is 1.25 bits per heavy atom. The van der Waals surface area contributed by atoms with Crippen molar-refractivity contribution in [2.75, 3.05) is 10.2 Å². The predicted molar refractivity (Wildman–Crippen MR) is 408 cm³/mol. The minimum absolute atomic E-state index is 0.0427. The molecule has 0 atom stereocenters. The highest BCUT2D eigenvalue weighted by atomic mass is 79.9. The lowest BCUT2D eigenvalue weighted by atomic mass is 9.63. The van der Waals surface area contributed by atoms with Crippen LogP contribution < -0.4 is 10.2 Å². The number of aryl methyl sites for hydroxylation is 2. The Bertz CT molecular complexity index is 4730. The van der Waals surface area contributed by atoms with E-state index in [1.54, 1.807) is 0 Å². The maximum atomic E-state index is 6.74. The first-order chi connectivity index (χ1) is 43.8. The summed E-state index contributed by atoms with van der Waals surface area (Å²) in [6.45, 7) is 37.0. The normalized spacial score (nSPS) is 15.4. The third-order valence-electron chi connectivity index (χ3n) is 20.1. The molecule has 2 heterocycles. The molecule has 0 aliphatic heterocycles. The van der Waals surface area contributed by atoms with Gasteiger partial charge in [-0.15, -0.1) is 0 Å². The number of anilines is 5. The molecule has 0 fully saturated rings. The lowest BCUT2D eigenvalue weighted by Gasteiger charge is -2.42. The zero-order valence-electron chi connectivity index (χ0n) is 57.4. The van der Waals surface area contributed by atoms with Crippen molar-refractivity contribution in [3.8, 4) is 11.4 Å². The summed E-state index contributed by atoms with van der Waals surface area (Å²) in [4.78, 5) is 2.40. The van der Waals surface area contributed by atoms with Crippen LogP contribution >= 0.6 is 39.1 Å². The summed E-state index contributed by atoms with van der Waals surface area (Å²) in [6.07, 6.45) is 4.83. The minimum atomic E-state index is 0.0427. The molecule has 10 aromatic carbocycles. The number of halogens is 3. The molecule has 2 aliphatic carbocycles. The Hall–Kier alpha value is -7.54. The average molecular weight is 1330 g/mol. The SMILES string of the molecule is CC(C)(C)c1ccc2c(c1)c1cc(Nc3ccc4c(c3)C(C)(C)CCC4(C)C)ccc1n2-c1ccccc1.Cc1cc(Cl)cc(Br)c1.Cc1cc(Cl)cc(N(c2ccc3c(c2)C(C)(C)CCC3(C)C)c2ccc3c(c2)c2cc(C(C)(C)C)ccc2n3-c2ccccc2)c1. The van der Waals surface area contributed by atoms with Crippen LogP contribution in [0.5, 0.6) is 0 Å². The van der Waals surface area contributed by atoms with E-state index < -0.39 is 0 Å². The summed E-state index contributed by atoms with van der Waals surface area (Å²) < 4.78 is 5.83. The maximum absolute atomic E-state index is 6.74. The number of para-hydroxylation sites is 2. The standard InChI is InChI=1S/C43H45ClN2.C36H40N2.C7H6BrCl/c1-28-22-30(44)25-34(23-28)45(33-15-17-37-38(27-33)43(7,8)21-20-42(37,5)6)32-16-19-40-36(26-32)35-24-29(41(2,3)4)14-18-39(35)46(40)31-12-10-9-11-13-31;1-34(2,3)24-13-17-32-28(21-24)29-22-25(15-18-33(29)38(32)27-11-9-8-10-12-27)37-26-14-16-30-31(23-26)36(6,7)20-19-35(30,4)5;1-5-2-6(8)4-7(9)3-5/h9-19,22-27H,20-21H2,1-8H3;8-18,21-23,37H,19-20H2,1-7H3;2-4H,1H3. The smallest absolute Gasteiger partial charge is 0.0542 e. The van der Waals surface area contributed by atoms with Gasteiger partial charge in [0.2, 0.25) is 0 Å². The minimum Gasteiger partial charge on any atom is -0.355 e. The number of aromatic nitrogens is 2. The van der Waals surface area contributed by atoms with Gasteiger partial charge in [0.15, 0.2) is 0 Å². The molecule has 0 unspecified atom stereocenters. The Morgan fingerprint density at radius 1 is 0.376 bits per heavy atom. The highest BCUT2D eigenvalue weighted by molar-refractivity contribution is 9.10. The Labute approximate surface area is 572 Å². The Morgan fingerprint density at radius 2 is 0.763 bits per heavy atom. The maximum Gasteiger partial charge on any atom is 0.0542 e. The van der Waals surface area contributed by atoms with Crippen molar-refractivity contribution in [3.63, 3.8) is 0 Å². The Balaban J connectivity index is 0.000000160. The fourth-order valence-corrected chi connectivity index (χ4v) is 15.7. The number of hydrogen-bond donors (Lipinski definition) is 1. The Kier molecular flexibility index (Phi) is 17.4. The lowest BCUT2D eigenvalue weighted by molar-refractivity contribution is 0.332. The van der Waals surface area contributed by atoms with E-state index >= 15 is 0 Å². The first-order valence-electron chi connectivity index (χ1n) is 33.2. The molecule has 14 rings (SSSR count). The van der Waals surface area contributed by atoms with Crippen molar-refractivity contribution in [3.05, 3.63) is 265 Å². The fraction of sp³-hybridized carbons (Fsp3) is 0.302. The number of rotatable bonds is 7. The van der Waals surface area contributed by atoms with E-state index in [2.05, 4.69) is 321 Å². The van der Waals surface area contributed by atoms with Crippen molar-refractivity contribution >= 4 is 111 Å². The third kappa shape index (κ3) is 13.2. The first kappa shape index (κ1) is 65.5. The van der Waals surface area contributed by atoms with E-state index in [9.17, 15) is 0 Å². The van der Waals surface area contributed by atoms with Gasteiger partial charge in [-0.05, 0) is 262 Å². The second-order valence-electron chi connectivity index (χ2n) is 31.2. The molecular formula is C86H91BrCl2N4. The predicted octanol–water partition coefficient (Wildman–Crippen LogP) is 26.4. The molecule has 2 aliphatic rings. The van der Waals surface area contributed by atoms with Crippen LogP contribution in [-0.4, -0.2) is 9.13 Å². The monoisotopic (exact) mass is 1330 g/mol. The fourth-order valence-electron chi connectivity index (χ4n) is 14.4. The molecule has 4 nitrogen and oxygen atoms in total. The summed E-state index contributed by atoms with van der Waals surface area (Å²) in [5.41, 5.74) is 24.6. The van der Waals surface area contributed by atoms with Crippen LogP contribution in [0.25, 0.3) is 55.0 Å². The van der Waals surface area contributed by atoms with Crippen LogP contribution in [0.15, 0.2) is 211 Å². The van der Waals surface area contributed by atoms with Crippen molar-refractivity contribution in [2.45, 2.75) is 169 Å². The van der Waals surface area contributed by atoms with Crippen LogP contribution in [0.2, 0.25) is 10.0 Å². The van der Waals surface area contributed by atoms with E-state index in [-0.39, 0.29) is 32.5 Å². The van der Waals surface area contributed by atoms with Crippen LogP contribution in [0, 0.1) is 13.8 Å². The van der Waals surface area contributed by atoms with Crippen molar-refractivity contribution in [2.24, 2.45) is 0 Å². The summed E-state index contributed by atoms with van der Waals surface area (Å²) in [6, 6.07) is 75.5. The van der Waals surface area contributed by atoms with Crippen molar-refractivity contribution in [1.29, 1.82) is 0 Å². The van der Waals surface area contributed by atoms with Gasteiger partial charge in [-0.25, -0.2) is 0 Å². The molecule has 12 aromatic rings. The van der Waals surface area contributed by atoms with E-state index in [0.29, 0.717) is 0 Å². The van der Waals surface area contributed by atoms with Gasteiger partial charge in [0.05, 0.1) is 22.1 Å². The molecule has 0 amide bonds. The summed E-state index contributed by atoms with van der Waals surface area (Å²) in [5.74, 6) is 0. The van der Waals surface area contributed by atoms with Gasteiger partial charge in [-0.3, -0.25) is 0 Å². The molecule has 2 aromatic heterocycles. The highest BCUT2D eigenvalue weighted by Crippen LogP contribution is 2.51. The van der Waals surface area contributed by atoms with Gasteiger partial charge in [0, 0.05) is 75.9 Å². The largest absolute Gasteiger partial charge is 0.355 e. The van der Waals surface area contributed by atoms with Gasteiger partial charge in [-0.1, -0.05) is 197 Å². The van der Waals surface area contributed by atoms with E-state index in [4.69, 9.17) is 23.2 Å². The number of nitrogens with one attached hydrogen (secondary N) is 1. The topological polar surface area (TPSA) is 25.1 Å². The van der Waals surface area contributed by atoms with Gasteiger partial charge >= 0.3 is 0 Å². The molecule has 0 bridgehead atoms. The van der Waals surface area contributed by atoms with E-state index in [1.807, 2.05) is 31.2 Å². The van der Waals surface area contributed by atoms with Crippen LogP contribution in [0.1, 0.15) is 167 Å². The number of fused-ring (bicyclic) bond motifs is 8.